The molecule has 4 bridgehead atoms. The Hall–Kier alpha value is -4.96. The number of benzene rings is 3. The molecule has 10 nitrogen and oxygen atoms in total. The highest BCUT2D eigenvalue weighted by Crippen LogP contribution is 2.58. The van der Waals surface area contributed by atoms with E-state index in [0.29, 0.717) is 18.1 Å². The minimum atomic E-state index is -1.17. The van der Waals surface area contributed by atoms with Crippen LogP contribution in [0.15, 0.2) is 71.1 Å². The van der Waals surface area contributed by atoms with Crippen molar-refractivity contribution < 1.29 is 28.6 Å². The summed E-state index contributed by atoms with van der Waals surface area (Å²) in [5, 5.41) is 17.3. The predicted octanol–water partition coefficient (Wildman–Crippen LogP) is 5.32. The number of oxazole rings is 1. The number of carbonyl (C=O) groups excluding carboxylic acids is 3. The van der Waals surface area contributed by atoms with Crippen LogP contribution in [-0.4, -0.2) is 46.6 Å². The highest BCUT2D eigenvalue weighted by atomic mass is 16.5. The zero-order valence-electron chi connectivity index (χ0n) is 28.0. The molecule has 5 atom stereocenters. The van der Waals surface area contributed by atoms with Crippen molar-refractivity contribution in [3.05, 3.63) is 106 Å². The number of fused-ring (bicyclic) bond motifs is 5. The Morgan fingerprint density at radius 3 is 2.59 bits per heavy atom. The molecule has 5 heterocycles. The first-order valence-electron chi connectivity index (χ1n) is 17.2. The van der Waals surface area contributed by atoms with E-state index in [0.717, 1.165) is 40.0 Å². The molecule has 4 aliphatic heterocycles. The zero-order chi connectivity index (χ0) is 34.2. The molecule has 2 unspecified atom stereocenters. The number of para-hydroxylation sites is 2. The van der Waals surface area contributed by atoms with Crippen molar-refractivity contribution in [1.82, 2.24) is 10.3 Å². The Labute approximate surface area is 284 Å². The lowest BCUT2D eigenvalue weighted by atomic mass is 9.72. The molecule has 1 spiro atoms. The highest BCUT2D eigenvalue weighted by Gasteiger charge is 2.61. The van der Waals surface area contributed by atoms with Gasteiger partial charge in [0.1, 0.15) is 23.3 Å². The molecule has 4 aromatic rings. The molecular weight excluding hydrogens is 620 g/mol. The summed E-state index contributed by atoms with van der Waals surface area (Å²) in [6.45, 7) is 7.97. The summed E-state index contributed by atoms with van der Waals surface area (Å²) in [6, 6.07) is 20.9. The van der Waals surface area contributed by atoms with E-state index in [-0.39, 0.29) is 53.9 Å². The van der Waals surface area contributed by atoms with Crippen molar-refractivity contribution in [3.8, 4) is 5.75 Å². The Balaban J connectivity index is 1.35. The van der Waals surface area contributed by atoms with Gasteiger partial charge in [-0.05, 0) is 59.6 Å². The monoisotopic (exact) mass is 660 g/mol. The van der Waals surface area contributed by atoms with Crippen molar-refractivity contribution in [1.29, 1.82) is 0 Å². The second-order valence-electron chi connectivity index (χ2n) is 14.4. The fourth-order valence-electron chi connectivity index (χ4n) is 7.97. The molecule has 0 fully saturated rings. The third-order valence-corrected chi connectivity index (χ3v) is 10.6. The van der Waals surface area contributed by atoms with E-state index >= 15 is 0 Å². The van der Waals surface area contributed by atoms with Gasteiger partial charge < -0.3 is 29.8 Å². The number of aliphatic hydroxyl groups excluding tert-OH is 1. The molecule has 4 aliphatic rings. The van der Waals surface area contributed by atoms with Crippen LogP contribution in [0.25, 0.3) is 0 Å². The molecule has 0 saturated heterocycles. The summed E-state index contributed by atoms with van der Waals surface area (Å²) >= 11 is 0. The van der Waals surface area contributed by atoms with Crippen molar-refractivity contribution in [2.45, 2.75) is 70.7 Å². The first kappa shape index (κ1) is 31.3. The minimum Gasteiger partial charge on any atom is -0.469 e. The van der Waals surface area contributed by atoms with Gasteiger partial charge in [-0.2, -0.15) is 0 Å². The second-order valence-corrected chi connectivity index (χ2v) is 14.4. The number of nitrogens with one attached hydrogen (secondary N) is 2. The number of anilines is 2. The van der Waals surface area contributed by atoms with Gasteiger partial charge >= 0.3 is 0 Å². The molecule has 3 N–H and O–H groups in total. The van der Waals surface area contributed by atoms with Gasteiger partial charge in [0, 0.05) is 35.8 Å². The van der Waals surface area contributed by atoms with Gasteiger partial charge in [0.25, 0.3) is 5.91 Å². The molecule has 1 aromatic heterocycles. The third-order valence-electron chi connectivity index (χ3n) is 10.6. The number of ether oxygens (including phenoxy) is 1. The van der Waals surface area contributed by atoms with E-state index in [4.69, 9.17) is 14.1 Å². The van der Waals surface area contributed by atoms with Crippen LogP contribution in [0.2, 0.25) is 0 Å². The van der Waals surface area contributed by atoms with Gasteiger partial charge in [0.15, 0.2) is 23.5 Å². The number of aliphatic hydroxyl groups is 1. The lowest BCUT2D eigenvalue weighted by Crippen LogP contribution is -2.42. The van der Waals surface area contributed by atoms with Crippen molar-refractivity contribution in [2.75, 3.05) is 16.8 Å². The second kappa shape index (κ2) is 11.6. The third kappa shape index (κ3) is 4.79. The summed E-state index contributed by atoms with van der Waals surface area (Å²) in [5.74, 6) is -1.03. The number of carbonyl (C=O) groups is 3. The van der Waals surface area contributed by atoms with Crippen molar-refractivity contribution in [3.63, 3.8) is 0 Å². The average Bonchev–Trinajstić information content (AvgIpc) is 3.85. The van der Waals surface area contributed by atoms with Gasteiger partial charge in [-0.25, -0.2) is 4.98 Å². The topological polar surface area (TPSA) is 134 Å². The molecule has 252 valence electrons. The maximum absolute atomic E-state index is 14.8. The number of amides is 2. The van der Waals surface area contributed by atoms with E-state index in [2.05, 4.69) is 10.6 Å². The quantitative estimate of drug-likeness (QED) is 0.253. The number of hydrogen-bond acceptors (Lipinski definition) is 8. The largest absolute Gasteiger partial charge is 0.469 e. The summed E-state index contributed by atoms with van der Waals surface area (Å²) < 4.78 is 13.5. The van der Waals surface area contributed by atoms with Crippen LogP contribution >= 0.6 is 0 Å². The minimum absolute atomic E-state index is 0.128. The standard InChI is InChI=1S/C39H40N4O6/c1-20(2)31-36-42-32(37(47)43-16-15-23-9-5-8-12-28(23)43)34(49-36)39-25-10-6-7-11-27(25)40-38(39)48-30-14-13-22(18-26(30)39)17-24(35(46)41-31)19-29(44)33(45)21(3)4/h5-14,18,20-21,24,31,33,38,40,45H,15-17,19H2,1-4H3,(H,41,46)/t24?,31-,33-,38-,39?/m0/s1. The van der Waals surface area contributed by atoms with Crippen molar-refractivity contribution in [2.24, 2.45) is 17.8 Å². The van der Waals surface area contributed by atoms with E-state index < -0.39 is 29.7 Å². The van der Waals surface area contributed by atoms with Crippen LogP contribution in [0.3, 0.4) is 0 Å². The van der Waals surface area contributed by atoms with Crippen LogP contribution < -0.4 is 20.3 Å². The normalized spacial score (nSPS) is 23.9. The number of Topliss-reactive ketones (excluding diaryl/α,β-unsaturated/α-hetero) is 1. The fourth-order valence-corrected chi connectivity index (χ4v) is 7.97. The van der Waals surface area contributed by atoms with Crippen molar-refractivity contribution >= 4 is 29.0 Å². The van der Waals surface area contributed by atoms with E-state index in [9.17, 15) is 19.5 Å². The maximum Gasteiger partial charge on any atom is 0.280 e. The molecule has 0 aliphatic carbocycles. The van der Waals surface area contributed by atoms with E-state index in [1.807, 2.05) is 80.6 Å². The number of ketones is 1. The van der Waals surface area contributed by atoms with Gasteiger partial charge in [0.05, 0.1) is 0 Å². The SMILES string of the molecule is CC(C)[C@H](O)C(=O)CC1Cc2ccc3c(c2)C2(c4ccccc4N[C@H]2O3)c2oc(nc2C(=O)N2CCc3ccccc32)[C@H](C(C)C)NC1=O. The average molecular weight is 661 g/mol. The van der Waals surface area contributed by atoms with Crippen LogP contribution in [-0.2, 0) is 27.8 Å². The fraction of sp³-hybridized carbons (Fsp3) is 0.385. The van der Waals surface area contributed by atoms with Crippen LogP contribution in [0.5, 0.6) is 5.75 Å². The van der Waals surface area contributed by atoms with Crippen LogP contribution in [0.4, 0.5) is 11.4 Å². The highest BCUT2D eigenvalue weighted by molar-refractivity contribution is 6.07. The number of hydrogen-bond donors (Lipinski definition) is 3. The number of rotatable bonds is 6. The Bertz CT molecular complexity index is 2000. The van der Waals surface area contributed by atoms with Gasteiger partial charge in [-0.15, -0.1) is 0 Å². The van der Waals surface area contributed by atoms with Crippen LogP contribution in [0.1, 0.15) is 84.6 Å². The Morgan fingerprint density at radius 2 is 1.80 bits per heavy atom. The molecule has 0 radical (unpaired) electrons. The summed E-state index contributed by atoms with van der Waals surface area (Å²) in [6.07, 6.45) is -0.948. The molecule has 49 heavy (non-hydrogen) atoms. The molecule has 3 aromatic carbocycles. The lowest BCUT2D eigenvalue weighted by Gasteiger charge is -2.29. The van der Waals surface area contributed by atoms with Gasteiger partial charge in [-0.3, -0.25) is 14.4 Å². The van der Waals surface area contributed by atoms with Gasteiger partial charge in [0.2, 0.25) is 11.8 Å². The zero-order valence-corrected chi connectivity index (χ0v) is 28.0. The first-order chi connectivity index (χ1) is 23.6. The molecule has 8 rings (SSSR count). The van der Waals surface area contributed by atoms with E-state index in [1.54, 1.807) is 18.7 Å². The molecule has 10 heteroatoms. The lowest BCUT2D eigenvalue weighted by molar-refractivity contribution is -0.135. The smallest absolute Gasteiger partial charge is 0.280 e. The molecule has 2 amide bonds. The maximum atomic E-state index is 14.8. The number of aromatic nitrogens is 1. The van der Waals surface area contributed by atoms with Gasteiger partial charge in [-0.1, -0.05) is 76.2 Å². The van der Waals surface area contributed by atoms with E-state index in [1.165, 1.54) is 0 Å². The summed E-state index contributed by atoms with van der Waals surface area (Å²) in [7, 11) is 0. The molecule has 0 saturated carbocycles. The Kier molecular flexibility index (Phi) is 7.40. The predicted molar refractivity (Wildman–Crippen MR) is 183 cm³/mol. The first-order valence-corrected chi connectivity index (χ1v) is 17.2. The van der Waals surface area contributed by atoms with Crippen LogP contribution in [0, 0.1) is 17.8 Å². The summed E-state index contributed by atoms with van der Waals surface area (Å²) in [5.41, 5.74) is 4.38. The summed E-state index contributed by atoms with van der Waals surface area (Å²) in [4.78, 5) is 48.9. The number of nitrogens with zero attached hydrogens (tertiary/aromatic N) is 2. The molecular formula is C39H40N4O6. The Morgan fingerprint density at radius 1 is 1.02 bits per heavy atom.